The van der Waals surface area contributed by atoms with Crippen LogP contribution in [0.1, 0.15) is 16.8 Å². The van der Waals surface area contributed by atoms with Gasteiger partial charge in [0.05, 0.1) is 25.9 Å². The molecule has 0 fully saturated rings. The summed E-state index contributed by atoms with van der Waals surface area (Å²) in [7, 11) is 3.05. The van der Waals surface area contributed by atoms with E-state index >= 15 is 0 Å². The van der Waals surface area contributed by atoms with Gasteiger partial charge in [0.1, 0.15) is 11.6 Å². The van der Waals surface area contributed by atoms with Crippen LogP contribution in [0.3, 0.4) is 0 Å². The maximum absolute atomic E-state index is 13.6. The van der Waals surface area contributed by atoms with E-state index < -0.39 is 11.7 Å². The largest absolute Gasteiger partial charge is 0.497 e. The number of ether oxygens (including phenoxy) is 3. The number of nitrogens with one attached hydrogen (secondary N) is 1. The lowest BCUT2D eigenvalue weighted by molar-refractivity contribution is 0.0688. The second-order valence-corrected chi connectivity index (χ2v) is 4.06. The van der Waals surface area contributed by atoms with Crippen LogP contribution in [0.25, 0.3) is 0 Å². The summed E-state index contributed by atoms with van der Waals surface area (Å²) < 4.78 is 28.6. The van der Waals surface area contributed by atoms with Gasteiger partial charge in [0.25, 0.3) is 5.91 Å². The van der Waals surface area contributed by atoms with Gasteiger partial charge < -0.3 is 19.5 Å². The van der Waals surface area contributed by atoms with Crippen LogP contribution >= 0.6 is 0 Å². The molecule has 1 amide bonds. The highest BCUT2D eigenvalue weighted by Gasteiger charge is 2.11. The van der Waals surface area contributed by atoms with Gasteiger partial charge in [-0.2, -0.15) is 0 Å². The highest BCUT2D eigenvalue weighted by atomic mass is 19.1. The fourth-order valence-electron chi connectivity index (χ4n) is 1.52. The SMILES string of the molecule is COCCOCCCNC(=O)c1ccc(OC)cc1F. The lowest BCUT2D eigenvalue weighted by Crippen LogP contribution is -2.26. The second-order valence-electron chi connectivity index (χ2n) is 4.06. The summed E-state index contributed by atoms with van der Waals surface area (Å²) in [4.78, 5) is 11.7. The summed E-state index contributed by atoms with van der Waals surface area (Å²) in [5.74, 6) is -0.661. The molecule has 0 aliphatic heterocycles. The van der Waals surface area contributed by atoms with Crippen LogP contribution < -0.4 is 10.1 Å². The molecule has 0 saturated heterocycles. The number of hydrogen-bond donors (Lipinski definition) is 1. The standard InChI is InChI=1S/C14H20FNO4/c1-18-8-9-20-7-3-6-16-14(17)12-5-4-11(19-2)10-13(12)15/h4-5,10H,3,6-9H2,1-2H3,(H,16,17). The molecule has 0 aromatic heterocycles. The van der Waals surface area contributed by atoms with Crippen molar-refractivity contribution < 1.29 is 23.4 Å². The van der Waals surface area contributed by atoms with E-state index in [0.29, 0.717) is 38.5 Å². The number of amides is 1. The molecule has 0 heterocycles. The first kappa shape index (κ1) is 16.4. The number of halogens is 1. The third-order valence-corrected chi connectivity index (χ3v) is 2.60. The number of hydrogen-bond acceptors (Lipinski definition) is 4. The van der Waals surface area contributed by atoms with Gasteiger partial charge in [0.15, 0.2) is 0 Å². The van der Waals surface area contributed by atoms with E-state index in [1.165, 1.54) is 19.2 Å². The van der Waals surface area contributed by atoms with Crippen LogP contribution in [0.5, 0.6) is 5.75 Å². The summed E-state index contributed by atoms with van der Waals surface area (Å²) in [6.07, 6.45) is 0.660. The third kappa shape index (κ3) is 5.54. The molecule has 0 saturated carbocycles. The van der Waals surface area contributed by atoms with Crippen LogP contribution in [-0.4, -0.2) is 46.5 Å². The average Bonchev–Trinajstić information content (AvgIpc) is 2.45. The lowest BCUT2D eigenvalue weighted by atomic mass is 10.2. The highest BCUT2D eigenvalue weighted by Crippen LogP contribution is 2.15. The normalized spacial score (nSPS) is 10.3. The minimum absolute atomic E-state index is 0.00565. The van der Waals surface area contributed by atoms with Crippen LogP contribution in [-0.2, 0) is 9.47 Å². The molecule has 0 aliphatic rings. The second kappa shape index (κ2) is 9.28. The quantitative estimate of drug-likeness (QED) is 0.700. The Hall–Kier alpha value is -1.66. The van der Waals surface area contributed by atoms with Gasteiger partial charge in [0, 0.05) is 26.3 Å². The van der Waals surface area contributed by atoms with Gasteiger partial charge in [0.2, 0.25) is 0 Å². The zero-order valence-electron chi connectivity index (χ0n) is 11.8. The summed E-state index contributed by atoms with van der Waals surface area (Å²) in [6.45, 7) is 2.02. The maximum Gasteiger partial charge on any atom is 0.254 e. The lowest BCUT2D eigenvalue weighted by Gasteiger charge is -2.08. The van der Waals surface area contributed by atoms with Gasteiger partial charge in [-0.15, -0.1) is 0 Å². The number of carbonyl (C=O) groups excluding carboxylic acids is 1. The van der Waals surface area contributed by atoms with Crippen molar-refractivity contribution in [3.63, 3.8) is 0 Å². The van der Waals surface area contributed by atoms with E-state index in [0.717, 1.165) is 0 Å². The highest BCUT2D eigenvalue weighted by molar-refractivity contribution is 5.94. The fraction of sp³-hybridized carbons (Fsp3) is 0.500. The molecule has 1 rings (SSSR count). The Bertz CT molecular complexity index is 426. The van der Waals surface area contributed by atoms with E-state index in [-0.39, 0.29) is 5.56 Å². The molecule has 1 N–H and O–H groups in total. The summed E-state index contributed by atoms with van der Waals surface area (Å²) >= 11 is 0. The molecule has 0 atom stereocenters. The van der Waals surface area contributed by atoms with Crippen LogP contribution in [0.15, 0.2) is 18.2 Å². The monoisotopic (exact) mass is 285 g/mol. The van der Waals surface area contributed by atoms with Crippen molar-refractivity contribution in [2.45, 2.75) is 6.42 Å². The minimum Gasteiger partial charge on any atom is -0.497 e. The zero-order chi connectivity index (χ0) is 14.8. The molecule has 1 aromatic rings. The number of benzene rings is 1. The molecule has 20 heavy (non-hydrogen) atoms. The van der Waals surface area contributed by atoms with Crippen molar-refractivity contribution in [1.29, 1.82) is 0 Å². The molecule has 0 unspecified atom stereocenters. The molecule has 5 nitrogen and oxygen atoms in total. The summed E-state index contributed by atoms with van der Waals surface area (Å²) in [5, 5.41) is 2.64. The Kier molecular flexibility index (Phi) is 7.60. The first-order chi connectivity index (χ1) is 9.69. The van der Waals surface area contributed by atoms with Crippen LogP contribution in [0, 0.1) is 5.82 Å². The van der Waals surface area contributed by atoms with Gasteiger partial charge in [-0.3, -0.25) is 4.79 Å². The van der Waals surface area contributed by atoms with Crippen molar-refractivity contribution in [1.82, 2.24) is 5.32 Å². The number of methoxy groups -OCH3 is 2. The van der Waals surface area contributed by atoms with E-state index in [1.54, 1.807) is 13.2 Å². The minimum atomic E-state index is -0.599. The third-order valence-electron chi connectivity index (χ3n) is 2.60. The Balaban J connectivity index is 2.29. The summed E-state index contributed by atoms with van der Waals surface area (Å²) in [6, 6.07) is 4.13. The van der Waals surface area contributed by atoms with E-state index in [9.17, 15) is 9.18 Å². The first-order valence-electron chi connectivity index (χ1n) is 6.37. The summed E-state index contributed by atoms with van der Waals surface area (Å²) in [5.41, 5.74) is 0.00565. The molecular formula is C14H20FNO4. The van der Waals surface area contributed by atoms with Crippen molar-refractivity contribution in [2.24, 2.45) is 0 Å². The molecule has 112 valence electrons. The van der Waals surface area contributed by atoms with Crippen molar-refractivity contribution in [3.8, 4) is 5.75 Å². The predicted octanol–water partition coefficient (Wildman–Crippen LogP) is 1.62. The zero-order valence-corrected chi connectivity index (χ0v) is 11.8. The molecular weight excluding hydrogens is 265 g/mol. The van der Waals surface area contributed by atoms with Crippen molar-refractivity contribution in [3.05, 3.63) is 29.6 Å². The Labute approximate surface area is 118 Å². The number of rotatable bonds is 9. The Morgan fingerprint density at radius 1 is 1.25 bits per heavy atom. The molecule has 0 spiro atoms. The van der Waals surface area contributed by atoms with E-state index in [2.05, 4.69) is 5.32 Å². The fourth-order valence-corrected chi connectivity index (χ4v) is 1.52. The molecule has 6 heteroatoms. The Morgan fingerprint density at radius 2 is 2.05 bits per heavy atom. The predicted molar refractivity (Wildman–Crippen MR) is 72.6 cm³/mol. The van der Waals surface area contributed by atoms with E-state index in [1.807, 2.05) is 0 Å². The molecule has 1 aromatic carbocycles. The molecule has 0 aliphatic carbocycles. The van der Waals surface area contributed by atoms with Crippen molar-refractivity contribution >= 4 is 5.91 Å². The van der Waals surface area contributed by atoms with Crippen LogP contribution in [0.4, 0.5) is 4.39 Å². The Morgan fingerprint density at radius 3 is 2.70 bits per heavy atom. The van der Waals surface area contributed by atoms with E-state index in [4.69, 9.17) is 14.2 Å². The first-order valence-corrected chi connectivity index (χ1v) is 6.37. The van der Waals surface area contributed by atoms with Crippen LogP contribution in [0.2, 0.25) is 0 Å². The smallest absolute Gasteiger partial charge is 0.254 e. The molecule has 0 radical (unpaired) electrons. The maximum atomic E-state index is 13.6. The molecule has 0 bridgehead atoms. The van der Waals surface area contributed by atoms with Crippen molar-refractivity contribution in [2.75, 3.05) is 40.6 Å². The van der Waals surface area contributed by atoms with Gasteiger partial charge in [-0.05, 0) is 18.6 Å². The van der Waals surface area contributed by atoms with Gasteiger partial charge in [-0.25, -0.2) is 4.39 Å². The average molecular weight is 285 g/mol. The van der Waals surface area contributed by atoms with Gasteiger partial charge >= 0.3 is 0 Å². The number of carbonyl (C=O) groups is 1. The topological polar surface area (TPSA) is 56.8 Å². The van der Waals surface area contributed by atoms with Gasteiger partial charge in [-0.1, -0.05) is 0 Å².